The monoisotopic (exact) mass is 295 g/mol. The van der Waals surface area contributed by atoms with Crippen molar-refractivity contribution in [2.75, 3.05) is 26.2 Å². The van der Waals surface area contributed by atoms with E-state index < -0.39 is 0 Å². The molecular weight excluding hydrogens is 266 g/mol. The van der Waals surface area contributed by atoms with Crippen LogP contribution < -0.4 is 5.32 Å². The zero-order valence-corrected chi connectivity index (χ0v) is 13.5. The highest BCUT2D eigenvalue weighted by Crippen LogP contribution is 2.24. The molecule has 5 heteroatoms. The first-order valence-electron chi connectivity index (χ1n) is 8.46. The Kier molecular flexibility index (Phi) is 4.52. The Labute approximate surface area is 128 Å². The van der Waals surface area contributed by atoms with E-state index in [0.717, 1.165) is 26.1 Å². The molecule has 0 aliphatic carbocycles. The van der Waals surface area contributed by atoms with Crippen LogP contribution in [0.4, 0.5) is 0 Å². The molecule has 3 rings (SSSR count). The predicted octanol–water partition coefficient (Wildman–Crippen LogP) is 1.04. The zero-order valence-electron chi connectivity index (χ0n) is 13.5. The van der Waals surface area contributed by atoms with Crippen molar-refractivity contribution in [2.45, 2.75) is 64.4 Å². The van der Waals surface area contributed by atoms with Crippen LogP contribution >= 0.6 is 0 Å². The van der Waals surface area contributed by atoms with Crippen LogP contribution in [0.1, 0.15) is 40.0 Å². The van der Waals surface area contributed by atoms with Crippen LogP contribution in [0.25, 0.3) is 0 Å². The normalized spacial score (nSPS) is 37.5. The summed E-state index contributed by atoms with van der Waals surface area (Å²) in [6.45, 7) is 10.2. The highest BCUT2D eigenvalue weighted by atomic mass is 16.5. The molecule has 0 saturated carbocycles. The summed E-state index contributed by atoms with van der Waals surface area (Å²) in [6, 6.07) is 0.614. The van der Waals surface area contributed by atoms with E-state index in [-0.39, 0.29) is 24.2 Å². The van der Waals surface area contributed by atoms with Crippen molar-refractivity contribution in [1.82, 2.24) is 15.1 Å². The number of nitrogens with zero attached hydrogens (tertiary/aromatic N) is 2. The van der Waals surface area contributed by atoms with Crippen molar-refractivity contribution >= 4 is 5.91 Å². The maximum absolute atomic E-state index is 12.5. The molecule has 3 heterocycles. The highest BCUT2D eigenvalue weighted by molar-refractivity contribution is 5.84. The molecule has 3 fully saturated rings. The molecule has 0 aromatic carbocycles. The first-order chi connectivity index (χ1) is 10.0. The number of ether oxygens (including phenoxy) is 1. The minimum absolute atomic E-state index is 0.0110. The van der Waals surface area contributed by atoms with E-state index in [4.69, 9.17) is 4.74 Å². The number of rotatable bonds is 4. The van der Waals surface area contributed by atoms with Crippen LogP contribution in [-0.2, 0) is 9.53 Å². The van der Waals surface area contributed by atoms with Gasteiger partial charge in [0.15, 0.2) is 0 Å². The molecule has 3 aliphatic rings. The van der Waals surface area contributed by atoms with Gasteiger partial charge in [-0.25, -0.2) is 0 Å². The summed E-state index contributed by atoms with van der Waals surface area (Å²) in [5.41, 5.74) is 0. The third-order valence-electron chi connectivity index (χ3n) is 5.06. The summed E-state index contributed by atoms with van der Waals surface area (Å²) in [4.78, 5) is 17.1. The van der Waals surface area contributed by atoms with Crippen molar-refractivity contribution in [3.05, 3.63) is 0 Å². The Balaban J connectivity index is 1.56. The maximum Gasteiger partial charge on any atom is 0.241 e. The molecular formula is C16H29N3O2. The van der Waals surface area contributed by atoms with Crippen LogP contribution in [0.3, 0.4) is 0 Å². The molecule has 4 unspecified atom stereocenters. The van der Waals surface area contributed by atoms with Gasteiger partial charge in [0.25, 0.3) is 0 Å². The van der Waals surface area contributed by atoms with Crippen LogP contribution in [0, 0.1) is 5.92 Å². The lowest BCUT2D eigenvalue weighted by Gasteiger charge is -2.37. The predicted molar refractivity (Wildman–Crippen MR) is 81.9 cm³/mol. The van der Waals surface area contributed by atoms with Crippen LogP contribution in [0.2, 0.25) is 0 Å². The van der Waals surface area contributed by atoms with Gasteiger partial charge in [0.05, 0.1) is 24.9 Å². The Bertz CT molecular complexity index is 388. The van der Waals surface area contributed by atoms with Gasteiger partial charge in [-0.15, -0.1) is 0 Å². The minimum atomic E-state index is -0.0110. The number of fused-ring (bicyclic) bond motifs is 1. The van der Waals surface area contributed by atoms with Gasteiger partial charge in [-0.1, -0.05) is 13.8 Å². The fraction of sp³-hybridized carbons (Fsp3) is 0.938. The molecule has 3 aliphatic heterocycles. The maximum atomic E-state index is 12.5. The molecule has 1 N–H and O–H groups in total. The van der Waals surface area contributed by atoms with E-state index >= 15 is 0 Å². The Morgan fingerprint density at radius 1 is 1.43 bits per heavy atom. The smallest absolute Gasteiger partial charge is 0.241 e. The first-order valence-corrected chi connectivity index (χ1v) is 8.46. The molecule has 0 radical (unpaired) electrons. The molecule has 21 heavy (non-hydrogen) atoms. The van der Waals surface area contributed by atoms with Crippen LogP contribution in [0.15, 0.2) is 0 Å². The van der Waals surface area contributed by atoms with Crippen molar-refractivity contribution in [3.63, 3.8) is 0 Å². The highest BCUT2D eigenvalue weighted by Gasteiger charge is 2.39. The number of carbonyl (C=O) groups excluding carboxylic acids is 1. The summed E-state index contributed by atoms with van der Waals surface area (Å²) >= 11 is 0. The number of hydrogen-bond acceptors (Lipinski definition) is 4. The summed E-state index contributed by atoms with van der Waals surface area (Å²) in [6.07, 6.45) is 3.77. The van der Waals surface area contributed by atoms with Gasteiger partial charge in [0.2, 0.25) is 5.91 Å². The molecule has 0 bridgehead atoms. The second-order valence-corrected chi connectivity index (χ2v) is 7.26. The second-order valence-electron chi connectivity index (χ2n) is 7.26. The lowest BCUT2D eigenvalue weighted by molar-refractivity contribution is -0.134. The molecule has 3 saturated heterocycles. The third-order valence-corrected chi connectivity index (χ3v) is 5.06. The van der Waals surface area contributed by atoms with Gasteiger partial charge in [-0.3, -0.25) is 15.0 Å². The van der Waals surface area contributed by atoms with Gasteiger partial charge in [0.1, 0.15) is 0 Å². The van der Waals surface area contributed by atoms with Gasteiger partial charge < -0.3 is 9.64 Å². The van der Waals surface area contributed by atoms with E-state index in [1.54, 1.807) is 0 Å². The third kappa shape index (κ3) is 3.25. The van der Waals surface area contributed by atoms with Crippen LogP contribution in [0.5, 0.6) is 0 Å². The average Bonchev–Trinajstić information content (AvgIpc) is 2.98. The van der Waals surface area contributed by atoms with Gasteiger partial charge in [-0.2, -0.15) is 0 Å². The van der Waals surface area contributed by atoms with E-state index in [9.17, 15) is 4.79 Å². The standard InChI is InChI=1S/C16H29N3O2/c1-11(2)7-15-16(20)19(12(3)17-15)9-14-8-18-6-4-5-13(18)10-21-14/h11-15,17H,4-10H2,1-3H3. The Hall–Kier alpha value is -0.650. The quantitative estimate of drug-likeness (QED) is 0.842. The topological polar surface area (TPSA) is 44.8 Å². The van der Waals surface area contributed by atoms with Crippen LogP contribution in [-0.4, -0.2) is 66.3 Å². The molecule has 120 valence electrons. The molecule has 5 nitrogen and oxygen atoms in total. The average molecular weight is 295 g/mol. The van der Waals surface area contributed by atoms with E-state index in [1.165, 1.54) is 19.4 Å². The Morgan fingerprint density at radius 2 is 2.24 bits per heavy atom. The summed E-state index contributed by atoms with van der Waals surface area (Å²) in [7, 11) is 0. The number of amides is 1. The first kappa shape index (κ1) is 15.3. The fourth-order valence-electron chi connectivity index (χ4n) is 3.95. The largest absolute Gasteiger partial charge is 0.373 e. The van der Waals surface area contributed by atoms with Crippen molar-refractivity contribution < 1.29 is 9.53 Å². The molecule has 0 spiro atoms. The molecule has 0 aromatic heterocycles. The Morgan fingerprint density at radius 3 is 3.00 bits per heavy atom. The van der Waals surface area contributed by atoms with Crippen molar-refractivity contribution in [1.29, 1.82) is 0 Å². The lowest BCUT2D eigenvalue weighted by atomic mass is 10.0. The summed E-state index contributed by atoms with van der Waals surface area (Å²) in [5, 5.41) is 3.43. The molecule has 4 atom stereocenters. The summed E-state index contributed by atoms with van der Waals surface area (Å²) < 4.78 is 6.00. The second kappa shape index (κ2) is 6.23. The SMILES string of the molecule is CC(C)CC1NC(C)N(CC2CN3CCCC3CO2)C1=O. The van der Waals surface area contributed by atoms with Crippen molar-refractivity contribution in [2.24, 2.45) is 5.92 Å². The summed E-state index contributed by atoms with van der Waals surface area (Å²) in [5.74, 6) is 0.790. The minimum Gasteiger partial charge on any atom is -0.373 e. The van der Waals surface area contributed by atoms with E-state index in [1.807, 2.05) is 4.90 Å². The number of hydrogen-bond donors (Lipinski definition) is 1. The van der Waals surface area contributed by atoms with Gasteiger partial charge in [0, 0.05) is 19.1 Å². The number of carbonyl (C=O) groups is 1. The number of morpholine rings is 1. The molecule has 1 amide bonds. The van der Waals surface area contributed by atoms with Gasteiger partial charge >= 0.3 is 0 Å². The fourth-order valence-corrected chi connectivity index (χ4v) is 3.95. The van der Waals surface area contributed by atoms with Crippen molar-refractivity contribution in [3.8, 4) is 0 Å². The molecule has 0 aromatic rings. The van der Waals surface area contributed by atoms with Gasteiger partial charge in [-0.05, 0) is 38.6 Å². The van der Waals surface area contributed by atoms with E-state index in [2.05, 4.69) is 31.0 Å². The lowest BCUT2D eigenvalue weighted by Crippen LogP contribution is -2.51. The van der Waals surface area contributed by atoms with E-state index in [0.29, 0.717) is 12.0 Å². The number of nitrogens with one attached hydrogen (secondary N) is 1. The zero-order chi connectivity index (χ0) is 15.0.